The number of rotatable bonds is 7. The summed E-state index contributed by atoms with van der Waals surface area (Å²) >= 11 is 0. The van der Waals surface area contributed by atoms with Gasteiger partial charge in [0.25, 0.3) is 5.91 Å². The lowest BCUT2D eigenvalue weighted by molar-refractivity contribution is -0.123. The molecule has 0 aliphatic carbocycles. The average molecular weight is 265 g/mol. The Balaban J connectivity index is 2.55. The van der Waals surface area contributed by atoms with Gasteiger partial charge in [-0.25, -0.2) is 0 Å². The predicted octanol–water partition coefficient (Wildman–Crippen LogP) is 2.34. The fourth-order valence-corrected chi connectivity index (χ4v) is 1.72. The number of carbonyl (C=O) groups excluding carboxylic acids is 1. The van der Waals surface area contributed by atoms with Crippen molar-refractivity contribution in [2.45, 2.75) is 39.7 Å². The molecule has 1 aromatic carbocycles. The molecule has 2 N–H and O–H groups in total. The van der Waals surface area contributed by atoms with Crippen molar-refractivity contribution in [2.24, 2.45) is 0 Å². The first kappa shape index (κ1) is 15.5. The molecule has 1 amide bonds. The zero-order valence-corrected chi connectivity index (χ0v) is 11.9. The van der Waals surface area contributed by atoms with Crippen LogP contribution < -0.4 is 10.1 Å². The fraction of sp³-hybridized carbons (Fsp3) is 0.533. The van der Waals surface area contributed by atoms with E-state index in [4.69, 9.17) is 4.74 Å². The van der Waals surface area contributed by atoms with Gasteiger partial charge in [0.15, 0.2) is 6.61 Å². The largest absolute Gasteiger partial charge is 0.483 e. The number of nitrogens with one attached hydrogen (secondary N) is 1. The molecule has 0 bridgehead atoms. The maximum absolute atomic E-state index is 11.5. The minimum absolute atomic E-state index is 0.0213. The highest BCUT2D eigenvalue weighted by atomic mass is 16.5. The molecule has 0 aliphatic rings. The third kappa shape index (κ3) is 5.30. The molecule has 0 saturated carbocycles. The molecule has 4 heteroatoms. The molecule has 0 aromatic heterocycles. The second kappa shape index (κ2) is 7.79. The Morgan fingerprint density at radius 3 is 2.84 bits per heavy atom. The van der Waals surface area contributed by atoms with Crippen LogP contribution in [0.15, 0.2) is 18.2 Å². The lowest BCUT2D eigenvalue weighted by Crippen LogP contribution is -2.29. The number of aryl methyl sites for hydroxylation is 1. The summed E-state index contributed by atoms with van der Waals surface area (Å²) in [5.74, 6) is 0.428. The van der Waals surface area contributed by atoms with Crippen LogP contribution in [-0.4, -0.2) is 24.2 Å². The van der Waals surface area contributed by atoms with Gasteiger partial charge in [0, 0.05) is 12.1 Å². The fourth-order valence-electron chi connectivity index (χ4n) is 1.72. The molecule has 0 fully saturated rings. The van der Waals surface area contributed by atoms with Crippen molar-refractivity contribution < 1.29 is 14.6 Å². The van der Waals surface area contributed by atoms with E-state index in [0.717, 1.165) is 18.4 Å². The average Bonchev–Trinajstić information content (AvgIpc) is 2.37. The summed E-state index contributed by atoms with van der Waals surface area (Å²) in [7, 11) is 0. The number of unbranched alkanes of at least 4 members (excludes halogenated alkanes) is 1. The van der Waals surface area contributed by atoms with Gasteiger partial charge in [-0.15, -0.1) is 0 Å². The SMILES string of the molecule is CCCCNC(=O)COc1ccc(C)cc1[C@@H](C)O. The number of ether oxygens (including phenoxy) is 1. The number of carbonyl (C=O) groups is 1. The molecular weight excluding hydrogens is 242 g/mol. The van der Waals surface area contributed by atoms with Crippen LogP contribution >= 0.6 is 0 Å². The highest BCUT2D eigenvalue weighted by Crippen LogP contribution is 2.26. The van der Waals surface area contributed by atoms with Gasteiger partial charge in [-0.3, -0.25) is 4.79 Å². The molecule has 1 rings (SSSR count). The monoisotopic (exact) mass is 265 g/mol. The first-order chi connectivity index (χ1) is 9.04. The van der Waals surface area contributed by atoms with Crippen molar-refractivity contribution in [3.8, 4) is 5.75 Å². The van der Waals surface area contributed by atoms with Crippen LogP contribution in [0, 0.1) is 6.92 Å². The number of benzene rings is 1. The summed E-state index contributed by atoms with van der Waals surface area (Å²) in [5, 5.41) is 12.5. The van der Waals surface area contributed by atoms with Crippen LogP contribution in [0.2, 0.25) is 0 Å². The smallest absolute Gasteiger partial charge is 0.257 e. The van der Waals surface area contributed by atoms with Crippen molar-refractivity contribution in [1.29, 1.82) is 0 Å². The second-order valence-corrected chi connectivity index (χ2v) is 4.71. The first-order valence-electron chi connectivity index (χ1n) is 6.72. The highest BCUT2D eigenvalue weighted by Gasteiger charge is 2.11. The molecular formula is C15H23NO3. The Morgan fingerprint density at radius 2 is 2.21 bits per heavy atom. The summed E-state index contributed by atoms with van der Waals surface area (Å²) in [6.07, 6.45) is 1.40. The Bertz CT molecular complexity index is 416. The third-order valence-electron chi connectivity index (χ3n) is 2.83. The van der Waals surface area contributed by atoms with Crippen molar-refractivity contribution in [1.82, 2.24) is 5.32 Å². The van der Waals surface area contributed by atoms with Gasteiger partial charge in [-0.1, -0.05) is 25.0 Å². The summed E-state index contributed by atoms with van der Waals surface area (Å²) in [6, 6.07) is 5.56. The molecule has 0 saturated heterocycles. The zero-order chi connectivity index (χ0) is 14.3. The van der Waals surface area contributed by atoms with Gasteiger partial charge in [0.2, 0.25) is 0 Å². The molecule has 106 valence electrons. The van der Waals surface area contributed by atoms with Gasteiger partial charge >= 0.3 is 0 Å². The topological polar surface area (TPSA) is 58.6 Å². The molecule has 0 radical (unpaired) electrons. The number of aliphatic hydroxyl groups excluding tert-OH is 1. The summed E-state index contributed by atoms with van der Waals surface area (Å²) in [6.45, 7) is 6.36. The van der Waals surface area contributed by atoms with Gasteiger partial charge in [-0.05, 0) is 32.4 Å². The standard InChI is InChI=1S/C15H23NO3/c1-4-5-8-16-15(18)10-19-14-7-6-11(2)9-13(14)12(3)17/h6-7,9,12,17H,4-5,8,10H2,1-3H3,(H,16,18)/t12-/m1/s1. The minimum Gasteiger partial charge on any atom is -0.483 e. The van der Waals surface area contributed by atoms with E-state index < -0.39 is 6.10 Å². The summed E-state index contributed by atoms with van der Waals surface area (Å²) in [4.78, 5) is 11.5. The van der Waals surface area contributed by atoms with Crippen LogP contribution in [0.4, 0.5) is 0 Å². The molecule has 0 aliphatic heterocycles. The molecule has 1 aromatic rings. The molecule has 19 heavy (non-hydrogen) atoms. The van der Waals surface area contributed by atoms with E-state index >= 15 is 0 Å². The molecule has 0 spiro atoms. The van der Waals surface area contributed by atoms with Gasteiger partial charge < -0.3 is 15.2 Å². The van der Waals surface area contributed by atoms with Crippen LogP contribution in [-0.2, 0) is 4.79 Å². The van der Waals surface area contributed by atoms with Crippen LogP contribution in [0.3, 0.4) is 0 Å². The quantitative estimate of drug-likeness (QED) is 0.744. The number of aliphatic hydroxyl groups is 1. The molecule has 0 unspecified atom stereocenters. The lowest BCUT2D eigenvalue weighted by atomic mass is 10.1. The Kier molecular flexibility index (Phi) is 6.36. The van der Waals surface area contributed by atoms with Crippen molar-refractivity contribution >= 4 is 5.91 Å². The third-order valence-corrected chi connectivity index (χ3v) is 2.83. The van der Waals surface area contributed by atoms with Crippen LogP contribution in [0.1, 0.15) is 43.9 Å². The van der Waals surface area contributed by atoms with E-state index in [9.17, 15) is 9.90 Å². The maximum Gasteiger partial charge on any atom is 0.257 e. The van der Waals surface area contributed by atoms with E-state index in [1.165, 1.54) is 0 Å². The van der Waals surface area contributed by atoms with E-state index in [0.29, 0.717) is 17.9 Å². The van der Waals surface area contributed by atoms with E-state index in [1.807, 2.05) is 19.1 Å². The summed E-state index contributed by atoms with van der Waals surface area (Å²) in [5.41, 5.74) is 1.76. The molecule has 0 heterocycles. The number of hydrogen-bond donors (Lipinski definition) is 2. The molecule has 4 nitrogen and oxygen atoms in total. The Morgan fingerprint density at radius 1 is 1.47 bits per heavy atom. The van der Waals surface area contributed by atoms with E-state index in [-0.39, 0.29) is 12.5 Å². The van der Waals surface area contributed by atoms with Crippen LogP contribution in [0.5, 0.6) is 5.75 Å². The Labute approximate surface area is 114 Å². The van der Waals surface area contributed by atoms with Crippen molar-refractivity contribution in [2.75, 3.05) is 13.2 Å². The minimum atomic E-state index is -0.613. The van der Waals surface area contributed by atoms with Crippen molar-refractivity contribution in [3.05, 3.63) is 29.3 Å². The second-order valence-electron chi connectivity index (χ2n) is 4.71. The molecule has 1 atom stereocenters. The van der Waals surface area contributed by atoms with Crippen molar-refractivity contribution in [3.63, 3.8) is 0 Å². The summed E-state index contributed by atoms with van der Waals surface area (Å²) < 4.78 is 5.47. The number of amides is 1. The lowest BCUT2D eigenvalue weighted by Gasteiger charge is -2.14. The zero-order valence-electron chi connectivity index (χ0n) is 11.9. The maximum atomic E-state index is 11.5. The van der Waals surface area contributed by atoms with Gasteiger partial charge in [0.05, 0.1) is 6.10 Å². The first-order valence-corrected chi connectivity index (χ1v) is 6.72. The van der Waals surface area contributed by atoms with Crippen LogP contribution in [0.25, 0.3) is 0 Å². The normalized spacial score (nSPS) is 12.0. The van der Waals surface area contributed by atoms with Gasteiger partial charge in [-0.2, -0.15) is 0 Å². The van der Waals surface area contributed by atoms with Gasteiger partial charge in [0.1, 0.15) is 5.75 Å². The predicted molar refractivity (Wildman–Crippen MR) is 75.2 cm³/mol. The number of hydrogen-bond acceptors (Lipinski definition) is 3. The van der Waals surface area contributed by atoms with E-state index in [2.05, 4.69) is 12.2 Å². The van der Waals surface area contributed by atoms with E-state index in [1.54, 1.807) is 13.0 Å². The Hall–Kier alpha value is -1.55. The highest BCUT2D eigenvalue weighted by molar-refractivity contribution is 5.77.